The Morgan fingerprint density at radius 2 is 2.00 bits per heavy atom. The number of imidazole rings is 1. The maximum absolute atomic E-state index is 4.57. The van der Waals surface area contributed by atoms with Crippen LogP contribution in [0.2, 0.25) is 0 Å². The van der Waals surface area contributed by atoms with Gasteiger partial charge in [0.05, 0.1) is 5.69 Å². The minimum Gasteiger partial charge on any atom is -0.356 e. The summed E-state index contributed by atoms with van der Waals surface area (Å²) in [6, 6.07) is 0.660. The lowest BCUT2D eigenvalue weighted by Crippen LogP contribution is -2.19. The molecule has 1 aromatic heterocycles. The zero-order chi connectivity index (χ0) is 12.3. The number of nitrogens with zero attached hydrogens (tertiary/aromatic N) is 2. The quantitative estimate of drug-likeness (QED) is 0.861. The first-order valence-corrected chi connectivity index (χ1v) is 7.03. The van der Waals surface area contributed by atoms with Crippen molar-refractivity contribution in [3.8, 4) is 0 Å². The number of aryl methyl sites for hydroxylation is 1. The Labute approximate surface area is 105 Å². The summed E-state index contributed by atoms with van der Waals surface area (Å²) in [4.78, 5) is 4.57. The van der Waals surface area contributed by atoms with Crippen LogP contribution in [-0.2, 0) is 0 Å². The van der Waals surface area contributed by atoms with Crippen molar-refractivity contribution in [2.24, 2.45) is 5.92 Å². The standard InChI is InChI=1S/C14H25N3/c1-4-12-6-8-13(9-7-12)17-10-11(3)16-14(17)15-5-2/h10,12-13H,4-9H2,1-3H3,(H,15,16). The molecule has 17 heavy (non-hydrogen) atoms. The Morgan fingerprint density at radius 1 is 1.29 bits per heavy atom. The lowest BCUT2D eigenvalue weighted by Gasteiger charge is -2.29. The van der Waals surface area contributed by atoms with Crippen LogP contribution in [-0.4, -0.2) is 16.1 Å². The van der Waals surface area contributed by atoms with Crippen molar-refractivity contribution in [2.45, 2.75) is 58.9 Å². The molecule has 0 radical (unpaired) electrons. The minimum atomic E-state index is 0.660. The normalized spacial score (nSPS) is 24.9. The largest absolute Gasteiger partial charge is 0.356 e. The number of hydrogen-bond donors (Lipinski definition) is 1. The molecule has 2 rings (SSSR count). The van der Waals surface area contributed by atoms with E-state index in [4.69, 9.17) is 0 Å². The van der Waals surface area contributed by atoms with Crippen LogP contribution in [0.5, 0.6) is 0 Å². The van der Waals surface area contributed by atoms with Gasteiger partial charge in [0.25, 0.3) is 0 Å². The van der Waals surface area contributed by atoms with Crippen LogP contribution in [0.1, 0.15) is 57.7 Å². The molecule has 0 aliphatic heterocycles. The van der Waals surface area contributed by atoms with Crippen LogP contribution in [0.25, 0.3) is 0 Å². The van der Waals surface area contributed by atoms with Crippen molar-refractivity contribution in [3.63, 3.8) is 0 Å². The number of hydrogen-bond acceptors (Lipinski definition) is 2. The molecule has 1 heterocycles. The van der Waals surface area contributed by atoms with Crippen LogP contribution >= 0.6 is 0 Å². The summed E-state index contributed by atoms with van der Waals surface area (Å²) in [5, 5.41) is 3.37. The fraction of sp³-hybridized carbons (Fsp3) is 0.786. The van der Waals surface area contributed by atoms with Gasteiger partial charge in [-0.15, -0.1) is 0 Å². The molecule has 0 amide bonds. The third kappa shape index (κ3) is 2.82. The Morgan fingerprint density at radius 3 is 2.59 bits per heavy atom. The molecule has 0 unspecified atom stereocenters. The SMILES string of the molecule is CCNc1nc(C)cn1C1CCC(CC)CC1. The molecular formula is C14H25N3. The molecule has 1 fully saturated rings. The van der Waals surface area contributed by atoms with E-state index in [1.165, 1.54) is 32.1 Å². The first kappa shape index (κ1) is 12.5. The van der Waals surface area contributed by atoms with Gasteiger partial charge in [0.1, 0.15) is 0 Å². The number of rotatable bonds is 4. The molecule has 1 aromatic rings. The lowest BCUT2D eigenvalue weighted by molar-refractivity contribution is 0.271. The van der Waals surface area contributed by atoms with Gasteiger partial charge < -0.3 is 9.88 Å². The van der Waals surface area contributed by atoms with E-state index in [1.54, 1.807) is 0 Å². The Hall–Kier alpha value is -0.990. The van der Waals surface area contributed by atoms with Crippen LogP contribution in [0, 0.1) is 12.8 Å². The molecule has 0 spiro atoms. The third-order valence-corrected chi connectivity index (χ3v) is 3.97. The van der Waals surface area contributed by atoms with Gasteiger partial charge in [0, 0.05) is 18.8 Å². The maximum atomic E-state index is 4.57. The highest BCUT2D eigenvalue weighted by Gasteiger charge is 2.23. The topological polar surface area (TPSA) is 29.9 Å². The molecule has 1 aliphatic rings. The fourth-order valence-corrected chi connectivity index (χ4v) is 2.91. The van der Waals surface area contributed by atoms with E-state index < -0.39 is 0 Å². The summed E-state index contributed by atoms with van der Waals surface area (Å²) < 4.78 is 2.37. The summed E-state index contributed by atoms with van der Waals surface area (Å²) in [7, 11) is 0. The zero-order valence-corrected chi connectivity index (χ0v) is 11.4. The number of nitrogens with one attached hydrogen (secondary N) is 1. The van der Waals surface area contributed by atoms with Crippen LogP contribution < -0.4 is 5.32 Å². The second kappa shape index (κ2) is 5.56. The number of aromatic nitrogens is 2. The Bertz CT molecular complexity index is 348. The van der Waals surface area contributed by atoms with Gasteiger partial charge in [-0.3, -0.25) is 0 Å². The Kier molecular flexibility index (Phi) is 4.08. The molecule has 3 nitrogen and oxygen atoms in total. The van der Waals surface area contributed by atoms with E-state index in [1.807, 2.05) is 0 Å². The second-order valence-electron chi connectivity index (χ2n) is 5.23. The van der Waals surface area contributed by atoms with E-state index in [9.17, 15) is 0 Å². The van der Waals surface area contributed by atoms with Gasteiger partial charge in [-0.1, -0.05) is 13.3 Å². The van der Waals surface area contributed by atoms with Gasteiger partial charge in [-0.25, -0.2) is 4.98 Å². The van der Waals surface area contributed by atoms with Crippen molar-refractivity contribution < 1.29 is 0 Å². The van der Waals surface area contributed by atoms with E-state index in [2.05, 4.69) is 41.8 Å². The molecule has 0 atom stereocenters. The second-order valence-corrected chi connectivity index (χ2v) is 5.23. The highest BCUT2D eigenvalue weighted by Crippen LogP contribution is 2.35. The molecular weight excluding hydrogens is 210 g/mol. The predicted molar refractivity (Wildman–Crippen MR) is 72.4 cm³/mol. The van der Waals surface area contributed by atoms with Gasteiger partial charge in [0.15, 0.2) is 0 Å². The molecule has 0 aromatic carbocycles. The fourth-order valence-electron chi connectivity index (χ4n) is 2.91. The molecule has 1 aliphatic carbocycles. The van der Waals surface area contributed by atoms with Crippen molar-refractivity contribution in [1.82, 2.24) is 9.55 Å². The van der Waals surface area contributed by atoms with E-state index in [0.29, 0.717) is 6.04 Å². The molecule has 1 N–H and O–H groups in total. The van der Waals surface area contributed by atoms with Gasteiger partial charge in [-0.2, -0.15) is 0 Å². The monoisotopic (exact) mass is 235 g/mol. The summed E-state index contributed by atoms with van der Waals surface area (Å²) in [6.45, 7) is 7.47. The van der Waals surface area contributed by atoms with Crippen molar-refractivity contribution in [2.75, 3.05) is 11.9 Å². The average Bonchev–Trinajstić information content (AvgIpc) is 2.71. The van der Waals surface area contributed by atoms with Crippen molar-refractivity contribution >= 4 is 5.95 Å². The predicted octanol–water partition coefficient (Wildman–Crippen LogP) is 3.76. The summed E-state index contributed by atoms with van der Waals surface area (Å²) >= 11 is 0. The van der Waals surface area contributed by atoms with Crippen molar-refractivity contribution in [1.29, 1.82) is 0 Å². The molecule has 3 heteroatoms. The summed E-state index contributed by atoms with van der Waals surface area (Å²) in [5.74, 6) is 2.02. The molecule has 96 valence electrons. The highest BCUT2D eigenvalue weighted by molar-refractivity contribution is 5.29. The highest BCUT2D eigenvalue weighted by atomic mass is 15.2. The Balaban J connectivity index is 2.06. The van der Waals surface area contributed by atoms with Gasteiger partial charge >= 0.3 is 0 Å². The van der Waals surface area contributed by atoms with E-state index in [-0.39, 0.29) is 0 Å². The zero-order valence-electron chi connectivity index (χ0n) is 11.4. The third-order valence-electron chi connectivity index (χ3n) is 3.97. The van der Waals surface area contributed by atoms with Crippen LogP contribution in [0.15, 0.2) is 6.20 Å². The minimum absolute atomic E-state index is 0.660. The van der Waals surface area contributed by atoms with Crippen molar-refractivity contribution in [3.05, 3.63) is 11.9 Å². The first-order chi connectivity index (χ1) is 8.24. The summed E-state index contributed by atoms with van der Waals surface area (Å²) in [6.07, 6.45) is 8.93. The smallest absolute Gasteiger partial charge is 0.203 e. The first-order valence-electron chi connectivity index (χ1n) is 7.03. The van der Waals surface area contributed by atoms with Gasteiger partial charge in [0.2, 0.25) is 5.95 Å². The van der Waals surface area contributed by atoms with Crippen LogP contribution in [0.3, 0.4) is 0 Å². The van der Waals surface area contributed by atoms with E-state index >= 15 is 0 Å². The van der Waals surface area contributed by atoms with Gasteiger partial charge in [-0.05, 0) is 45.4 Å². The molecule has 0 bridgehead atoms. The van der Waals surface area contributed by atoms with E-state index in [0.717, 1.165) is 24.1 Å². The van der Waals surface area contributed by atoms with Crippen LogP contribution in [0.4, 0.5) is 5.95 Å². The molecule has 0 saturated heterocycles. The molecule has 1 saturated carbocycles. The summed E-state index contributed by atoms with van der Waals surface area (Å²) in [5.41, 5.74) is 1.12. The number of anilines is 1. The lowest BCUT2D eigenvalue weighted by atomic mass is 9.84. The maximum Gasteiger partial charge on any atom is 0.203 e. The average molecular weight is 235 g/mol.